The number of aromatic nitrogens is 2. The molecule has 1 aliphatic rings. The Labute approximate surface area is 96.2 Å². The predicted octanol–water partition coefficient (Wildman–Crippen LogP) is 0.816. The molecule has 5 heteroatoms. The molecule has 0 aromatic carbocycles. The van der Waals surface area contributed by atoms with E-state index in [1.165, 1.54) is 25.8 Å². The van der Waals surface area contributed by atoms with Gasteiger partial charge in [-0.3, -0.25) is 0 Å². The summed E-state index contributed by atoms with van der Waals surface area (Å²) in [5.41, 5.74) is 0. The first kappa shape index (κ1) is 11.5. The maximum atomic E-state index is 5.24. The fraction of sp³-hybridized carbons (Fsp3) is 0.818. The first-order chi connectivity index (χ1) is 7.79. The molecule has 1 N–H and O–H groups in total. The zero-order chi connectivity index (χ0) is 11.4. The van der Waals surface area contributed by atoms with Crippen LogP contribution in [0.25, 0.3) is 0 Å². The topological polar surface area (TPSA) is 54.2 Å². The quantitative estimate of drug-likeness (QED) is 0.820. The average molecular weight is 224 g/mol. The minimum Gasteiger partial charge on any atom is -0.339 e. The third kappa shape index (κ3) is 2.80. The van der Waals surface area contributed by atoms with Gasteiger partial charge in [0.25, 0.3) is 0 Å². The summed E-state index contributed by atoms with van der Waals surface area (Å²) in [7, 11) is 4.06. The van der Waals surface area contributed by atoms with Crippen LogP contribution in [0.4, 0.5) is 0 Å². The molecule has 0 aliphatic carbocycles. The Balaban J connectivity index is 1.91. The van der Waals surface area contributed by atoms with Gasteiger partial charge in [-0.25, -0.2) is 0 Å². The minimum absolute atomic E-state index is 0.566. The Kier molecular flexibility index (Phi) is 3.90. The van der Waals surface area contributed by atoms with Gasteiger partial charge in [0.15, 0.2) is 5.82 Å². The van der Waals surface area contributed by atoms with Crippen molar-refractivity contribution in [1.29, 1.82) is 0 Å². The van der Waals surface area contributed by atoms with E-state index >= 15 is 0 Å². The highest BCUT2D eigenvalue weighted by atomic mass is 16.5. The lowest BCUT2D eigenvalue weighted by Gasteiger charge is -2.31. The normalized spacial score (nSPS) is 22.5. The van der Waals surface area contributed by atoms with Crippen LogP contribution >= 0.6 is 0 Å². The van der Waals surface area contributed by atoms with Gasteiger partial charge < -0.3 is 14.7 Å². The molecule has 1 saturated heterocycles. The van der Waals surface area contributed by atoms with Crippen molar-refractivity contribution in [1.82, 2.24) is 20.4 Å². The van der Waals surface area contributed by atoms with Crippen molar-refractivity contribution in [3.05, 3.63) is 11.7 Å². The van der Waals surface area contributed by atoms with Gasteiger partial charge in [0.05, 0.1) is 6.54 Å². The third-order valence-electron chi connectivity index (χ3n) is 3.18. The monoisotopic (exact) mass is 224 g/mol. The maximum absolute atomic E-state index is 5.24. The van der Waals surface area contributed by atoms with Crippen LogP contribution in [0.15, 0.2) is 4.52 Å². The Morgan fingerprint density at radius 3 is 3.12 bits per heavy atom. The van der Waals surface area contributed by atoms with Crippen LogP contribution in [0, 0.1) is 0 Å². The summed E-state index contributed by atoms with van der Waals surface area (Å²) in [6.45, 7) is 1.85. The molecular formula is C11H20N4O. The first-order valence-electron chi connectivity index (χ1n) is 5.96. The summed E-state index contributed by atoms with van der Waals surface area (Å²) in [5.74, 6) is 1.51. The SMILES string of the molecule is CNCc1noc(CC2CCCCN2C)n1. The van der Waals surface area contributed by atoms with E-state index in [1.807, 2.05) is 7.05 Å². The Hall–Kier alpha value is -0.940. The molecule has 90 valence electrons. The van der Waals surface area contributed by atoms with Crippen molar-refractivity contribution in [2.24, 2.45) is 0 Å². The van der Waals surface area contributed by atoms with E-state index in [0.29, 0.717) is 12.6 Å². The molecule has 16 heavy (non-hydrogen) atoms. The second kappa shape index (κ2) is 5.41. The van der Waals surface area contributed by atoms with Gasteiger partial charge in [-0.05, 0) is 33.5 Å². The van der Waals surface area contributed by atoms with Crippen molar-refractivity contribution >= 4 is 0 Å². The number of nitrogens with zero attached hydrogens (tertiary/aromatic N) is 3. The van der Waals surface area contributed by atoms with E-state index in [2.05, 4.69) is 27.4 Å². The highest BCUT2D eigenvalue weighted by molar-refractivity contribution is 4.90. The molecule has 0 amide bonds. The Morgan fingerprint density at radius 1 is 1.50 bits per heavy atom. The van der Waals surface area contributed by atoms with Crippen molar-refractivity contribution < 1.29 is 4.52 Å². The number of hydrogen-bond donors (Lipinski definition) is 1. The average Bonchev–Trinajstić information content (AvgIpc) is 2.70. The van der Waals surface area contributed by atoms with Crippen LogP contribution in [-0.4, -0.2) is 41.7 Å². The number of likely N-dealkylation sites (N-methyl/N-ethyl adjacent to an activating group) is 1. The van der Waals surface area contributed by atoms with Gasteiger partial charge in [-0.2, -0.15) is 4.98 Å². The lowest BCUT2D eigenvalue weighted by atomic mass is 10.0. The summed E-state index contributed by atoms with van der Waals surface area (Å²) < 4.78 is 5.24. The molecule has 0 saturated carbocycles. The zero-order valence-electron chi connectivity index (χ0n) is 10.1. The van der Waals surface area contributed by atoms with Gasteiger partial charge in [-0.1, -0.05) is 11.6 Å². The molecule has 0 radical (unpaired) electrons. The zero-order valence-corrected chi connectivity index (χ0v) is 10.1. The number of hydrogen-bond acceptors (Lipinski definition) is 5. The molecule has 0 spiro atoms. The number of rotatable bonds is 4. The van der Waals surface area contributed by atoms with Crippen molar-refractivity contribution in [3.63, 3.8) is 0 Å². The summed E-state index contributed by atoms with van der Waals surface area (Å²) in [4.78, 5) is 6.76. The summed E-state index contributed by atoms with van der Waals surface area (Å²) in [6, 6.07) is 0.566. The fourth-order valence-corrected chi connectivity index (χ4v) is 2.21. The van der Waals surface area contributed by atoms with Gasteiger partial charge in [0.1, 0.15) is 0 Å². The number of likely N-dealkylation sites (tertiary alicyclic amines) is 1. The lowest BCUT2D eigenvalue weighted by Crippen LogP contribution is -2.37. The highest BCUT2D eigenvalue weighted by Gasteiger charge is 2.21. The molecule has 1 atom stereocenters. The number of nitrogens with one attached hydrogen (secondary N) is 1. The second-order valence-corrected chi connectivity index (χ2v) is 4.47. The molecule has 1 aromatic heterocycles. The molecule has 2 rings (SSSR count). The minimum atomic E-state index is 0.566. The van der Waals surface area contributed by atoms with Gasteiger partial charge in [-0.15, -0.1) is 0 Å². The maximum Gasteiger partial charge on any atom is 0.228 e. The van der Waals surface area contributed by atoms with E-state index in [0.717, 1.165) is 18.1 Å². The highest BCUT2D eigenvalue weighted by Crippen LogP contribution is 2.18. The Bertz CT molecular complexity index is 326. The molecule has 1 fully saturated rings. The molecule has 1 aliphatic heterocycles. The van der Waals surface area contributed by atoms with E-state index in [9.17, 15) is 0 Å². The second-order valence-electron chi connectivity index (χ2n) is 4.47. The van der Waals surface area contributed by atoms with Crippen molar-refractivity contribution in [2.75, 3.05) is 20.6 Å². The molecule has 1 unspecified atom stereocenters. The smallest absolute Gasteiger partial charge is 0.228 e. The van der Waals surface area contributed by atoms with Crippen LogP contribution in [0.2, 0.25) is 0 Å². The van der Waals surface area contributed by atoms with Crippen LogP contribution < -0.4 is 5.32 Å². The van der Waals surface area contributed by atoms with Crippen LogP contribution in [0.3, 0.4) is 0 Å². The van der Waals surface area contributed by atoms with Gasteiger partial charge >= 0.3 is 0 Å². The summed E-state index contributed by atoms with van der Waals surface area (Å²) in [5, 5.41) is 6.94. The van der Waals surface area contributed by atoms with Gasteiger partial charge in [0, 0.05) is 12.5 Å². The van der Waals surface area contributed by atoms with Crippen molar-refractivity contribution in [3.8, 4) is 0 Å². The van der Waals surface area contributed by atoms with E-state index in [4.69, 9.17) is 4.52 Å². The number of piperidine rings is 1. The Morgan fingerprint density at radius 2 is 2.38 bits per heavy atom. The van der Waals surface area contributed by atoms with E-state index in [-0.39, 0.29) is 0 Å². The van der Waals surface area contributed by atoms with Gasteiger partial charge in [0.2, 0.25) is 5.89 Å². The molecule has 5 nitrogen and oxygen atoms in total. The van der Waals surface area contributed by atoms with E-state index in [1.54, 1.807) is 0 Å². The lowest BCUT2D eigenvalue weighted by molar-refractivity contribution is 0.173. The molecular weight excluding hydrogens is 204 g/mol. The third-order valence-corrected chi connectivity index (χ3v) is 3.18. The summed E-state index contributed by atoms with van der Waals surface area (Å²) >= 11 is 0. The van der Waals surface area contributed by atoms with Crippen LogP contribution in [0.1, 0.15) is 31.0 Å². The predicted molar refractivity (Wildman–Crippen MR) is 61.0 cm³/mol. The van der Waals surface area contributed by atoms with Crippen LogP contribution in [0.5, 0.6) is 0 Å². The standard InChI is InChI=1S/C11H20N4O/c1-12-8-10-13-11(16-14-10)7-9-5-3-4-6-15(9)2/h9,12H,3-8H2,1-2H3. The largest absolute Gasteiger partial charge is 0.339 e. The van der Waals surface area contributed by atoms with Crippen LogP contribution in [-0.2, 0) is 13.0 Å². The van der Waals surface area contributed by atoms with E-state index < -0.39 is 0 Å². The molecule has 1 aromatic rings. The van der Waals surface area contributed by atoms with Crippen molar-refractivity contribution in [2.45, 2.75) is 38.3 Å². The fourth-order valence-electron chi connectivity index (χ4n) is 2.21. The molecule has 0 bridgehead atoms. The molecule has 2 heterocycles. The summed E-state index contributed by atoms with van der Waals surface area (Å²) in [6.07, 6.45) is 4.74. The first-order valence-corrected chi connectivity index (χ1v) is 5.96.